The molecule has 136 valence electrons. The van der Waals surface area contributed by atoms with Crippen molar-refractivity contribution < 1.29 is 14.3 Å². The van der Waals surface area contributed by atoms with Gasteiger partial charge in [0.05, 0.1) is 13.5 Å². The van der Waals surface area contributed by atoms with E-state index in [9.17, 15) is 9.59 Å². The summed E-state index contributed by atoms with van der Waals surface area (Å²) in [5, 5.41) is 2.93. The second-order valence-corrected chi connectivity index (χ2v) is 6.55. The molecule has 1 aliphatic heterocycles. The van der Waals surface area contributed by atoms with E-state index in [2.05, 4.69) is 5.32 Å². The van der Waals surface area contributed by atoms with Gasteiger partial charge in [0.1, 0.15) is 5.75 Å². The van der Waals surface area contributed by atoms with Gasteiger partial charge in [-0.25, -0.2) is 0 Å². The summed E-state index contributed by atoms with van der Waals surface area (Å²) in [6.45, 7) is 3.50. The molecule has 0 aromatic heterocycles. The van der Waals surface area contributed by atoms with E-state index in [4.69, 9.17) is 4.74 Å². The number of likely N-dealkylation sites (tertiary alicyclic amines) is 1. The van der Waals surface area contributed by atoms with E-state index in [1.807, 2.05) is 54.3 Å². The Kier molecular flexibility index (Phi) is 5.56. The lowest BCUT2D eigenvalue weighted by atomic mass is 10.0. The molecule has 1 fully saturated rings. The molecule has 0 aliphatic carbocycles. The first-order chi connectivity index (χ1) is 12.6. The fourth-order valence-electron chi connectivity index (χ4n) is 3.26. The van der Waals surface area contributed by atoms with Crippen LogP contribution in [0.25, 0.3) is 0 Å². The molecule has 0 bridgehead atoms. The Hall–Kier alpha value is -2.82. The zero-order valence-electron chi connectivity index (χ0n) is 15.2. The lowest BCUT2D eigenvalue weighted by molar-refractivity contribution is -0.115. The number of methoxy groups -OCH3 is 1. The number of rotatable bonds is 5. The van der Waals surface area contributed by atoms with Gasteiger partial charge in [-0.15, -0.1) is 0 Å². The number of benzene rings is 2. The smallest absolute Gasteiger partial charge is 0.254 e. The first-order valence-corrected chi connectivity index (χ1v) is 8.90. The van der Waals surface area contributed by atoms with Gasteiger partial charge < -0.3 is 15.0 Å². The first-order valence-electron chi connectivity index (χ1n) is 8.90. The predicted molar refractivity (Wildman–Crippen MR) is 102 cm³/mol. The number of hydrogen-bond donors (Lipinski definition) is 1. The zero-order valence-corrected chi connectivity index (χ0v) is 15.2. The summed E-state index contributed by atoms with van der Waals surface area (Å²) >= 11 is 0. The molecule has 3 rings (SSSR count). The minimum Gasteiger partial charge on any atom is -0.497 e. The predicted octanol–water partition coefficient (Wildman–Crippen LogP) is 3.42. The van der Waals surface area contributed by atoms with Crippen LogP contribution in [0.15, 0.2) is 42.5 Å². The zero-order chi connectivity index (χ0) is 18.5. The quantitative estimate of drug-likeness (QED) is 0.897. The Bertz CT molecular complexity index is 811. The molecule has 1 heterocycles. The normalized spacial score (nSPS) is 13.5. The number of anilines is 1. The Morgan fingerprint density at radius 3 is 2.58 bits per heavy atom. The van der Waals surface area contributed by atoms with Crippen molar-refractivity contribution >= 4 is 17.5 Å². The van der Waals surface area contributed by atoms with Gasteiger partial charge in [0, 0.05) is 24.3 Å². The highest BCUT2D eigenvalue weighted by atomic mass is 16.5. The van der Waals surface area contributed by atoms with E-state index in [0.717, 1.165) is 42.8 Å². The molecule has 2 amide bonds. The monoisotopic (exact) mass is 352 g/mol. The van der Waals surface area contributed by atoms with Crippen LogP contribution in [0.2, 0.25) is 0 Å². The molecule has 0 atom stereocenters. The van der Waals surface area contributed by atoms with Crippen LogP contribution in [-0.4, -0.2) is 36.9 Å². The summed E-state index contributed by atoms with van der Waals surface area (Å²) in [5.74, 6) is 0.653. The molecule has 1 saturated heterocycles. The van der Waals surface area contributed by atoms with Gasteiger partial charge in [-0.2, -0.15) is 0 Å². The highest BCUT2D eigenvalue weighted by Gasteiger charge is 2.22. The van der Waals surface area contributed by atoms with Gasteiger partial charge in [-0.3, -0.25) is 9.59 Å². The van der Waals surface area contributed by atoms with Crippen LogP contribution in [-0.2, 0) is 11.2 Å². The van der Waals surface area contributed by atoms with E-state index < -0.39 is 0 Å². The van der Waals surface area contributed by atoms with E-state index >= 15 is 0 Å². The highest BCUT2D eigenvalue weighted by Crippen LogP contribution is 2.22. The second kappa shape index (κ2) is 8.04. The van der Waals surface area contributed by atoms with Crippen molar-refractivity contribution in [1.29, 1.82) is 0 Å². The van der Waals surface area contributed by atoms with Crippen LogP contribution >= 0.6 is 0 Å². The topological polar surface area (TPSA) is 58.6 Å². The Morgan fingerprint density at radius 1 is 1.12 bits per heavy atom. The Balaban J connectivity index is 1.72. The molecule has 0 spiro atoms. The molecule has 0 saturated carbocycles. The minimum absolute atomic E-state index is 0.0453. The maximum Gasteiger partial charge on any atom is 0.254 e. The molecule has 26 heavy (non-hydrogen) atoms. The van der Waals surface area contributed by atoms with Crippen molar-refractivity contribution in [3.05, 3.63) is 59.2 Å². The average Bonchev–Trinajstić information content (AvgIpc) is 3.18. The molecule has 1 N–H and O–H groups in total. The molecule has 0 radical (unpaired) electrons. The van der Waals surface area contributed by atoms with Crippen molar-refractivity contribution in [2.24, 2.45) is 0 Å². The molecule has 5 heteroatoms. The standard InChI is InChI=1S/C21H24N2O3/c1-15-18(21(25)23-11-3-4-12-23)9-6-10-19(15)22-20(24)14-16-7-5-8-17(13-16)26-2/h5-10,13H,3-4,11-12,14H2,1-2H3,(H,22,24). The number of amides is 2. The van der Waals surface area contributed by atoms with E-state index in [1.165, 1.54) is 0 Å². The van der Waals surface area contributed by atoms with Crippen LogP contribution < -0.4 is 10.1 Å². The fourth-order valence-corrected chi connectivity index (χ4v) is 3.26. The number of carbonyl (C=O) groups is 2. The van der Waals surface area contributed by atoms with Gasteiger partial charge >= 0.3 is 0 Å². The van der Waals surface area contributed by atoms with Gasteiger partial charge in [0.2, 0.25) is 5.91 Å². The highest BCUT2D eigenvalue weighted by molar-refractivity contribution is 5.99. The molecule has 0 unspecified atom stereocenters. The van der Waals surface area contributed by atoms with Crippen LogP contribution in [0.4, 0.5) is 5.69 Å². The number of nitrogens with one attached hydrogen (secondary N) is 1. The number of carbonyl (C=O) groups excluding carboxylic acids is 2. The number of nitrogens with zero attached hydrogens (tertiary/aromatic N) is 1. The van der Waals surface area contributed by atoms with E-state index in [0.29, 0.717) is 11.3 Å². The second-order valence-electron chi connectivity index (χ2n) is 6.55. The minimum atomic E-state index is -0.118. The maximum absolute atomic E-state index is 12.7. The van der Waals surface area contributed by atoms with Crippen LogP contribution in [0.1, 0.15) is 34.3 Å². The molecular weight excluding hydrogens is 328 g/mol. The molecule has 2 aromatic rings. The largest absolute Gasteiger partial charge is 0.497 e. The summed E-state index contributed by atoms with van der Waals surface area (Å²) in [5.41, 5.74) is 3.03. The van der Waals surface area contributed by atoms with Gasteiger partial charge in [-0.1, -0.05) is 18.2 Å². The van der Waals surface area contributed by atoms with Crippen LogP contribution in [0, 0.1) is 6.92 Å². The Morgan fingerprint density at radius 2 is 1.85 bits per heavy atom. The number of hydrogen-bond acceptors (Lipinski definition) is 3. The lowest BCUT2D eigenvalue weighted by Crippen LogP contribution is -2.28. The van der Waals surface area contributed by atoms with E-state index in [1.54, 1.807) is 7.11 Å². The van der Waals surface area contributed by atoms with Gasteiger partial charge in [0.25, 0.3) is 5.91 Å². The van der Waals surface area contributed by atoms with Crippen LogP contribution in [0.5, 0.6) is 5.75 Å². The molecule has 2 aromatic carbocycles. The van der Waals surface area contributed by atoms with Gasteiger partial charge in [0.15, 0.2) is 0 Å². The number of ether oxygens (including phenoxy) is 1. The van der Waals surface area contributed by atoms with Crippen molar-refractivity contribution in [2.75, 3.05) is 25.5 Å². The maximum atomic E-state index is 12.7. The summed E-state index contributed by atoms with van der Waals surface area (Å²) in [6, 6.07) is 12.9. The summed E-state index contributed by atoms with van der Waals surface area (Å²) in [7, 11) is 1.60. The molecular formula is C21H24N2O3. The van der Waals surface area contributed by atoms with Crippen molar-refractivity contribution in [3.63, 3.8) is 0 Å². The summed E-state index contributed by atoms with van der Waals surface area (Å²) in [4.78, 5) is 27.0. The summed E-state index contributed by atoms with van der Waals surface area (Å²) in [6.07, 6.45) is 2.37. The summed E-state index contributed by atoms with van der Waals surface area (Å²) < 4.78 is 5.19. The third-order valence-electron chi connectivity index (χ3n) is 4.73. The van der Waals surface area contributed by atoms with Crippen molar-refractivity contribution in [3.8, 4) is 5.75 Å². The lowest BCUT2D eigenvalue weighted by Gasteiger charge is -2.18. The molecule has 1 aliphatic rings. The van der Waals surface area contributed by atoms with Crippen molar-refractivity contribution in [1.82, 2.24) is 4.90 Å². The SMILES string of the molecule is COc1cccc(CC(=O)Nc2cccc(C(=O)N3CCCC3)c2C)c1. The van der Waals surface area contributed by atoms with Crippen molar-refractivity contribution in [2.45, 2.75) is 26.2 Å². The molecule has 5 nitrogen and oxygen atoms in total. The first kappa shape index (κ1) is 18.0. The van der Waals surface area contributed by atoms with Crippen LogP contribution in [0.3, 0.4) is 0 Å². The Labute approximate surface area is 154 Å². The third-order valence-corrected chi connectivity index (χ3v) is 4.73. The third kappa shape index (κ3) is 4.04. The fraction of sp³-hybridized carbons (Fsp3) is 0.333. The average molecular weight is 352 g/mol. The van der Waals surface area contributed by atoms with E-state index in [-0.39, 0.29) is 18.2 Å². The van der Waals surface area contributed by atoms with Gasteiger partial charge in [-0.05, 0) is 55.2 Å².